The summed E-state index contributed by atoms with van der Waals surface area (Å²) < 4.78 is 22.4. The zero-order valence-electron chi connectivity index (χ0n) is 13.5. The minimum Gasteiger partial charge on any atom is -0.454 e. The van der Waals surface area contributed by atoms with Gasteiger partial charge in [0.25, 0.3) is 0 Å². The van der Waals surface area contributed by atoms with Crippen LogP contribution in [0.2, 0.25) is 0 Å². The fourth-order valence-corrected chi connectivity index (χ4v) is 4.66. The van der Waals surface area contributed by atoms with Crippen LogP contribution in [-0.2, 0) is 16.0 Å². The summed E-state index contributed by atoms with van der Waals surface area (Å²) in [7, 11) is 3.54. The molecule has 0 N–H and O–H groups in total. The van der Waals surface area contributed by atoms with E-state index in [1.165, 1.54) is 16.7 Å². The number of rotatable bonds is 2. The van der Waals surface area contributed by atoms with Gasteiger partial charge in [0.05, 0.1) is 6.10 Å². The first kappa shape index (κ1) is 13.8. The number of hydrogen-bond donors (Lipinski definition) is 0. The Labute approximate surface area is 135 Å². The Hall–Kier alpha value is -1.56. The van der Waals surface area contributed by atoms with Crippen molar-refractivity contribution in [3.8, 4) is 11.5 Å². The summed E-state index contributed by atoms with van der Waals surface area (Å²) in [6.07, 6.45) is 3.47. The van der Waals surface area contributed by atoms with Crippen LogP contribution >= 0.6 is 0 Å². The molecule has 1 unspecified atom stereocenters. The van der Waals surface area contributed by atoms with Gasteiger partial charge in [-0.2, -0.15) is 0 Å². The number of hydrogen-bond acceptors (Lipinski definition) is 5. The molecule has 3 heterocycles. The maximum absolute atomic E-state index is 5.66. The summed E-state index contributed by atoms with van der Waals surface area (Å²) in [4.78, 5) is 2.57. The molecule has 1 saturated heterocycles. The van der Waals surface area contributed by atoms with Crippen molar-refractivity contribution >= 4 is 0 Å². The maximum atomic E-state index is 5.66. The van der Waals surface area contributed by atoms with Gasteiger partial charge < -0.3 is 18.9 Å². The van der Waals surface area contributed by atoms with Crippen molar-refractivity contribution in [2.24, 2.45) is 0 Å². The lowest BCUT2D eigenvalue weighted by molar-refractivity contribution is -0.0306. The average Bonchev–Trinajstić information content (AvgIpc) is 3.15. The molecule has 2 bridgehead atoms. The summed E-state index contributed by atoms with van der Waals surface area (Å²) in [6.45, 7) is 2.38. The molecule has 1 aromatic rings. The van der Waals surface area contributed by atoms with E-state index in [0.29, 0.717) is 18.8 Å². The lowest BCUT2D eigenvalue weighted by atomic mass is 9.82. The van der Waals surface area contributed by atoms with E-state index >= 15 is 0 Å². The summed E-state index contributed by atoms with van der Waals surface area (Å²) in [6, 6.07) is 4.81. The molecule has 3 aliphatic heterocycles. The van der Waals surface area contributed by atoms with Gasteiger partial charge in [0.15, 0.2) is 11.5 Å². The fraction of sp³-hybridized carbons (Fsp3) is 0.556. The Morgan fingerprint density at radius 3 is 2.74 bits per heavy atom. The van der Waals surface area contributed by atoms with Gasteiger partial charge in [-0.1, -0.05) is 6.08 Å². The van der Waals surface area contributed by atoms with Gasteiger partial charge in [-0.15, -0.1) is 0 Å². The third-order valence-electron chi connectivity index (χ3n) is 5.78. The largest absolute Gasteiger partial charge is 0.454 e. The second-order valence-electron chi connectivity index (χ2n) is 6.78. The predicted octanol–water partition coefficient (Wildman–Crippen LogP) is 2.06. The van der Waals surface area contributed by atoms with E-state index < -0.39 is 0 Å². The quantitative estimate of drug-likeness (QED) is 0.781. The molecule has 0 amide bonds. The van der Waals surface area contributed by atoms with Gasteiger partial charge in [0, 0.05) is 39.3 Å². The molecule has 4 aliphatic rings. The molecule has 23 heavy (non-hydrogen) atoms. The van der Waals surface area contributed by atoms with Gasteiger partial charge in [0.2, 0.25) is 6.79 Å². The third kappa shape index (κ3) is 1.90. The standard InChI is InChI=1S/C18H21NO4/c1-20-15-5-12-13-8-19(14(12)6-16(15)21-2)7-10-3-17-18(4-11(10)13)23-9-22-17/h3-5,13-16H,6-9H2,1-2H3/t13-,14-,15-,16-/m0/s1. The lowest BCUT2D eigenvalue weighted by Crippen LogP contribution is -2.41. The number of benzene rings is 1. The SMILES string of the molecule is CO[C@H]1C=C2[C@H]3CN(Cc4cc5c(cc43)OCO5)[C@H]2C[C@@H]1OC. The predicted molar refractivity (Wildman–Crippen MR) is 83.8 cm³/mol. The van der Waals surface area contributed by atoms with Crippen LogP contribution in [0.4, 0.5) is 0 Å². The molecule has 5 nitrogen and oxygen atoms in total. The Kier molecular flexibility index (Phi) is 2.99. The smallest absolute Gasteiger partial charge is 0.231 e. The van der Waals surface area contributed by atoms with E-state index in [1.54, 1.807) is 14.2 Å². The molecule has 1 aliphatic carbocycles. The van der Waals surface area contributed by atoms with E-state index in [-0.39, 0.29) is 12.2 Å². The maximum Gasteiger partial charge on any atom is 0.231 e. The number of nitrogens with zero attached hydrogens (tertiary/aromatic N) is 1. The topological polar surface area (TPSA) is 40.2 Å². The first-order valence-electron chi connectivity index (χ1n) is 8.22. The highest BCUT2D eigenvalue weighted by Gasteiger charge is 2.46. The number of ether oxygens (including phenoxy) is 4. The van der Waals surface area contributed by atoms with Crippen LogP contribution in [0.1, 0.15) is 23.5 Å². The Morgan fingerprint density at radius 1 is 1.13 bits per heavy atom. The second-order valence-corrected chi connectivity index (χ2v) is 6.78. The first-order valence-corrected chi connectivity index (χ1v) is 8.22. The Morgan fingerprint density at radius 2 is 1.96 bits per heavy atom. The molecule has 1 fully saturated rings. The van der Waals surface area contributed by atoms with Crippen molar-refractivity contribution in [2.75, 3.05) is 27.6 Å². The Balaban J connectivity index is 1.58. The molecule has 5 heteroatoms. The van der Waals surface area contributed by atoms with E-state index in [1.807, 2.05) is 0 Å². The monoisotopic (exact) mass is 315 g/mol. The molecule has 5 atom stereocenters. The van der Waals surface area contributed by atoms with E-state index in [9.17, 15) is 0 Å². The first-order chi connectivity index (χ1) is 11.3. The Bertz CT molecular complexity index is 686. The summed E-state index contributed by atoms with van der Waals surface area (Å²) in [5.74, 6) is 2.21. The van der Waals surface area contributed by atoms with Crippen molar-refractivity contribution < 1.29 is 18.9 Å². The normalized spacial score (nSPS) is 36.4. The van der Waals surface area contributed by atoms with Crippen LogP contribution in [0, 0.1) is 0 Å². The van der Waals surface area contributed by atoms with Crippen LogP contribution < -0.4 is 9.47 Å². The van der Waals surface area contributed by atoms with Gasteiger partial charge in [-0.3, -0.25) is 4.90 Å². The molecule has 0 radical (unpaired) electrons. The van der Waals surface area contributed by atoms with Crippen molar-refractivity contribution in [3.05, 3.63) is 34.9 Å². The molecule has 0 aromatic heterocycles. The van der Waals surface area contributed by atoms with Crippen molar-refractivity contribution in [3.63, 3.8) is 0 Å². The van der Waals surface area contributed by atoms with E-state index in [2.05, 4.69) is 23.1 Å². The van der Waals surface area contributed by atoms with E-state index in [4.69, 9.17) is 18.9 Å². The molecule has 5 rings (SSSR count). The van der Waals surface area contributed by atoms with Gasteiger partial charge >= 0.3 is 0 Å². The third-order valence-corrected chi connectivity index (χ3v) is 5.78. The summed E-state index contributed by atoms with van der Waals surface area (Å²) in [5.41, 5.74) is 4.25. The van der Waals surface area contributed by atoms with Crippen LogP contribution in [0.25, 0.3) is 0 Å². The minimum atomic E-state index is 0.0456. The second kappa shape index (κ2) is 4.97. The van der Waals surface area contributed by atoms with Gasteiger partial charge in [0.1, 0.15) is 6.10 Å². The summed E-state index contributed by atoms with van der Waals surface area (Å²) >= 11 is 0. The van der Waals surface area contributed by atoms with Crippen LogP contribution in [0.3, 0.4) is 0 Å². The van der Waals surface area contributed by atoms with Gasteiger partial charge in [-0.05, 0) is 35.3 Å². The van der Waals surface area contributed by atoms with Gasteiger partial charge in [-0.25, -0.2) is 0 Å². The highest BCUT2D eigenvalue weighted by Crippen LogP contribution is 2.50. The van der Waals surface area contributed by atoms with Crippen molar-refractivity contribution in [1.82, 2.24) is 4.90 Å². The van der Waals surface area contributed by atoms with Crippen LogP contribution in [-0.4, -0.2) is 50.7 Å². The molecular weight excluding hydrogens is 294 g/mol. The molecular formula is C18H21NO4. The van der Waals surface area contributed by atoms with Crippen molar-refractivity contribution in [2.45, 2.75) is 37.1 Å². The summed E-state index contributed by atoms with van der Waals surface area (Å²) in [5, 5.41) is 0. The average molecular weight is 315 g/mol. The highest BCUT2D eigenvalue weighted by atomic mass is 16.7. The number of methoxy groups -OCH3 is 2. The minimum absolute atomic E-state index is 0.0456. The van der Waals surface area contributed by atoms with Crippen LogP contribution in [0.15, 0.2) is 23.8 Å². The molecule has 122 valence electrons. The fourth-order valence-electron chi connectivity index (χ4n) is 4.66. The zero-order chi connectivity index (χ0) is 15.6. The zero-order valence-corrected chi connectivity index (χ0v) is 13.5. The van der Waals surface area contributed by atoms with Crippen molar-refractivity contribution in [1.29, 1.82) is 0 Å². The van der Waals surface area contributed by atoms with E-state index in [0.717, 1.165) is 31.0 Å². The molecule has 0 spiro atoms. The highest BCUT2D eigenvalue weighted by molar-refractivity contribution is 5.54. The van der Waals surface area contributed by atoms with Crippen LogP contribution in [0.5, 0.6) is 11.5 Å². The lowest BCUT2D eigenvalue weighted by Gasteiger charge is -2.34. The number of fused-ring (bicyclic) bond motifs is 8. The molecule has 0 saturated carbocycles. The molecule has 1 aromatic carbocycles.